The summed E-state index contributed by atoms with van der Waals surface area (Å²) in [5.74, 6) is -0.618. The first kappa shape index (κ1) is 15.6. The normalized spacial score (nSPS) is 11.4. The zero-order valence-electron chi connectivity index (χ0n) is 11.4. The van der Waals surface area contributed by atoms with E-state index in [0.29, 0.717) is 10.7 Å². The van der Waals surface area contributed by atoms with Crippen LogP contribution in [0.4, 0.5) is 15.8 Å². The largest absolute Gasteiger partial charge is 0.396 e. The van der Waals surface area contributed by atoms with Gasteiger partial charge in [-0.3, -0.25) is 4.72 Å². The molecular formula is C14H14ClFN2O2S. The highest BCUT2D eigenvalue weighted by Gasteiger charge is 2.18. The molecule has 21 heavy (non-hydrogen) atoms. The van der Waals surface area contributed by atoms with Gasteiger partial charge in [0.2, 0.25) is 0 Å². The summed E-state index contributed by atoms with van der Waals surface area (Å²) in [5.41, 5.74) is 6.51. The fourth-order valence-electron chi connectivity index (χ4n) is 1.83. The molecule has 3 N–H and O–H groups in total. The summed E-state index contributed by atoms with van der Waals surface area (Å²) in [4.78, 5) is -0.0988. The summed E-state index contributed by atoms with van der Waals surface area (Å²) in [6.07, 6.45) is 0. The zero-order chi connectivity index (χ0) is 15.8. The molecule has 2 aromatic carbocycles. The van der Waals surface area contributed by atoms with E-state index in [0.717, 1.165) is 11.6 Å². The Morgan fingerprint density at radius 3 is 2.43 bits per heavy atom. The van der Waals surface area contributed by atoms with Gasteiger partial charge in [-0.25, -0.2) is 12.8 Å². The maximum atomic E-state index is 13.5. The highest BCUT2D eigenvalue weighted by molar-refractivity contribution is 7.92. The third kappa shape index (κ3) is 3.28. The van der Waals surface area contributed by atoms with E-state index in [1.54, 1.807) is 19.1 Å². The summed E-state index contributed by atoms with van der Waals surface area (Å²) >= 11 is 5.86. The summed E-state index contributed by atoms with van der Waals surface area (Å²) in [6.45, 7) is 3.20. The van der Waals surface area contributed by atoms with Crippen molar-refractivity contribution in [1.82, 2.24) is 0 Å². The molecule has 0 saturated carbocycles. The van der Waals surface area contributed by atoms with Crippen molar-refractivity contribution in [1.29, 1.82) is 0 Å². The van der Waals surface area contributed by atoms with Crippen molar-refractivity contribution < 1.29 is 12.8 Å². The van der Waals surface area contributed by atoms with Gasteiger partial charge in [-0.15, -0.1) is 0 Å². The van der Waals surface area contributed by atoms with Crippen LogP contribution in [0.3, 0.4) is 0 Å². The van der Waals surface area contributed by atoms with Crippen LogP contribution >= 0.6 is 11.6 Å². The zero-order valence-corrected chi connectivity index (χ0v) is 13.0. The smallest absolute Gasteiger partial charge is 0.261 e. The van der Waals surface area contributed by atoms with E-state index in [4.69, 9.17) is 17.3 Å². The monoisotopic (exact) mass is 328 g/mol. The third-order valence-electron chi connectivity index (χ3n) is 3.01. The average Bonchev–Trinajstić information content (AvgIpc) is 2.39. The van der Waals surface area contributed by atoms with E-state index in [-0.39, 0.29) is 16.1 Å². The van der Waals surface area contributed by atoms with Gasteiger partial charge in [0.1, 0.15) is 5.82 Å². The van der Waals surface area contributed by atoms with Gasteiger partial charge in [0, 0.05) is 5.02 Å². The van der Waals surface area contributed by atoms with E-state index in [1.807, 2.05) is 0 Å². The molecule has 0 aliphatic heterocycles. The fraction of sp³-hybridized carbons (Fsp3) is 0.143. The standard InChI is InChI=1S/C14H14ClFN2O2S/c1-8-3-4-10(15)6-13(8)18-21(19,20)11-5-9(2)14(16)12(17)7-11/h3-7,18H,17H2,1-2H3. The van der Waals surface area contributed by atoms with Crippen molar-refractivity contribution >= 4 is 33.0 Å². The summed E-state index contributed by atoms with van der Waals surface area (Å²) in [5, 5.41) is 0.410. The molecule has 0 spiro atoms. The van der Waals surface area contributed by atoms with E-state index in [9.17, 15) is 12.8 Å². The van der Waals surface area contributed by atoms with Crippen LogP contribution in [-0.4, -0.2) is 8.42 Å². The number of halogens is 2. The molecule has 2 aromatic rings. The summed E-state index contributed by atoms with van der Waals surface area (Å²) in [7, 11) is -3.87. The SMILES string of the molecule is Cc1ccc(Cl)cc1NS(=O)(=O)c1cc(C)c(F)c(N)c1. The minimum Gasteiger partial charge on any atom is -0.396 e. The summed E-state index contributed by atoms with van der Waals surface area (Å²) < 4.78 is 40.6. The minimum absolute atomic E-state index is 0.0988. The molecule has 0 fully saturated rings. The lowest BCUT2D eigenvalue weighted by atomic mass is 10.2. The molecule has 0 radical (unpaired) electrons. The number of anilines is 2. The molecule has 0 amide bonds. The van der Waals surface area contributed by atoms with Crippen molar-refractivity contribution in [2.75, 3.05) is 10.5 Å². The minimum atomic E-state index is -3.87. The van der Waals surface area contributed by atoms with Gasteiger partial charge in [-0.1, -0.05) is 17.7 Å². The van der Waals surface area contributed by atoms with Gasteiger partial charge in [0.25, 0.3) is 10.0 Å². The maximum absolute atomic E-state index is 13.5. The molecule has 112 valence electrons. The molecule has 7 heteroatoms. The van der Waals surface area contributed by atoms with E-state index >= 15 is 0 Å². The van der Waals surface area contributed by atoms with Gasteiger partial charge in [-0.2, -0.15) is 0 Å². The Labute approximate surface area is 127 Å². The number of nitrogens with one attached hydrogen (secondary N) is 1. The second kappa shape index (κ2) is 5.54. The van der Waals surface area contributed by atoms with E-state index in [1.165, 1.54) is 19.1 Å². The van der Waals surface area contributed by atoms with E-state index in [2.05, 4.69) is 4.72 Å². The number of sulfonamides is 1. The van der Waals surface area contributed by atoms with Crippen molar-refractivity contribution in [3.05, 3.63) is 52.3 Å². The average molecular weight is 329 g/mol. The molecule has 2 rings (SSSR count). The third-order valence-corrected chi connectivity index (χ3v) is 4.59. The first-order valence-electron chi connectivity index (χ1n) is 6.05. The number of benzene rings is 2. The molecule has 0 aliphatic rings. The van der Waals surface area contributed by atoms with Gasteiger partial charge in [-0.05, 0) is 49.2 Å². The predicted molar refractivity (Wildman–Crippen MR) is 82.5 cm³/mol. The molecular weight excluding hydrogens is 315 g/mol. The highest BCUT2D eigenvalue weighted by Crippen LogP contribution is 2.26. The Bertz CT molecular complexity index is 784. The number of nitrogens with two attached hydrogens (primary N) is 1. The van der Waals surface area contributed by atoms with Gasteiger partial charge >= 0.3 is 0 Å². The number of rotatable bonds is 3. The first-order chi connectivity index (χ1) is 9.70. The predicted octanol–water partition coefficient (Wildman–Crippen LogP) is 3.48. The Hall–Kier alpha value is -1.79. The maximum Gasteiger partial charge on any atom is 0.261 e. The topological polar surface area (TPSA) is 72.2 Å². The summed E-state index contributed by atoms with van der Waals surface area (Å²) in [6, 6.07) is 7.19. The van der Waals surface area contributed by atoms with Crippen molar-refractivity contribution in [3.63, 3.8) is 0 Å². The van der Waals surface area contributed by atoms with Crippen LogP contribution in [0.1, 0.15) is 11.1 Å². The molecule has 0 aliphatic carbocycles. The quantitative estimate of drug-likeness (QED) is 0.847. The first-order valence-corrected chi connectivity index (χ1v) is 7.91. The molecule has 0 atom stereocenters. The lowest BCUT2D eigenvalue weighted by Crippen LogP contribution is -2.14. The van der Waals surface area contributed by atoms with Gasteiger partial charge in [0.05, 0.1) is 16.3 Å². The van der Waals surface area contributed by atoms with Crippen molar-refractivity contribution in [2.24, 2.45) is 0 Å². The van der Waals surface area contributed by atoms with Crippen LogP contribution in [-0.2, 0) is 10.0 Å². The molecule has 0 unspecified atom stereocenters. The molecule has 0 bridgehead atoms. The van der Waals surface area contributed by atoms with E-state index < -0.39 is 15.8 Å². The number of aryl methyl sites for hydroxylation is 2. The van der Waals surface area contributed by atoms with Crippen LogP contribution in [0.25, 0.3) is 0 Å². The Morgan fingerprint density at radius 2 is 1.81 bits per heavy atom. The number of nitrogen functional groups attached to an aromatic ring is 1. The van der Waals surface area contributed by atoms with Crippen LogP contribution in [0.2, 0.25) is 5.02 Å². The second-order valence-electron chi connectivity index (χ2n) is 4.71. The Balaban J connectivity index is 2.46. The Kier molecular flexibility index (Phi) is 4.11. The van der Waals surface area contributed by atoms with Crippen LogP contribution in [0.15, 0.2) is 35.2 Å². The van der Waals surface area contributed by atoms with Gasteiger partial charge in [0.15, 0.2) is 0 Å². The Morgan fingerprint density at radius 1 is 1.14 bits per heavy atom. The van der Waals surface area contributed by atoms with Crippen LogP contribution in [0, 0.1) is 19.7 Å². The van der Waals surface area contributed by atoms with Crippen LogP contribution < -0.4 is 10.5 Å². The lowest BCUT2D eigenvalue weighted by Gasteiger charge is -2.12. The molecule has 4 nitrogen and oxygen atoms in total. The van der Waals surface area contributed by atoms with Crippen molar-refractivity contribution in [3.8, 4) is 0 Å². The number of hydrogen-bond donors (Lipinski definition) is 2. The second-order valence-corrected chi connectivity index (χ2v) is 6.83. The van der Waals surface area contributed by atoms with Crippen LogP contribution in [0.5, 0.6) is 0 Å². The molecule has 0 aromatic heterocycles. The molecule has 0 heterocycles. The van der Waals surface area contributed by atoms with Crippen molar-refractivity contribution in [2.45, 2.75) is 18.7 Å². The number of hydrogen-bond acceptors (Lipinski definition) is 3. The van der Waals surface area contributed by atoms with Gasteiger partial charge < -0.3 is 5.73 Å². The molecule has 0 saturated heterocycles. The lowest BCUT2D eigenvalue weighted by molar-refractivity contribution is 0.599. The highest BCUT2D eigenvalue weighted by atomic mass is 35.5. The fourth-order valence-corrected chi connectivity index (χ4v) is 3.24.